The summed E-state index contributed by atoms with van der Waals surface area (Å²) in [5.74, 6) is 0. The van der Waals surface area contributed by atoms with Crippen LogP contribution in [0.5, 0.6) is 0 Å². The number of pyridine rings is 1. The molecule has 92 valence electrons. The minimum Gasteiger partial charge on any atom is -0.258 e. The van der Waals surface area contributed by atoms with Crippen LogP contribution in [0.2, 0.25) is 0 Å². The van der Waals surface area contributed by atoms with Crippen molar-refractivity contribution in [2.24, 2.45) is 0 Å². The van der Waals surface area contributed by atoms with Crippen LogP contribution in [0.1, 0.15) is 0 Å². The predicted molar refractivity (Wildman–Crippen MR) is 73.8 cm³/mol. The molecule has 3 aromatic rings. The third kappa shape index (κ3) is 2.04. The van der Waals surface area contributed by atoms with Crippen LogP contribution in [0.25, 0.3) is 22.2 Å². The van der Waals surface area contributed by atoms with Crippen molar-refractivity contribution in [1.82, 2.24) is 4.98 Å². The molecule has 0 atom stereocenters. The van der Waals surface area contributed by atoms with Crippen LogP contribution in [0.15, 0.2) is 60.7 Å². The molecule has 1 aromatic heterocycles. The number of hydrogen-bond donors (Lipinski definition) is 0. The molecule has 4 heteroatoms. The van der Waals surface area contributed by atoms with Gasteiger partial charge in [-0.15, -0.1) is 0 Å². The first-order valence-electron chi connectivity index (χ1n) is 5.85. The van der Waals surface area contributed by atoms with E-state index in [2.05, 4.69) is 4.98 Å². The Balaban J connectivity index is 2.25. The number of nitro groups is 1. The molecule has 1 heterocycles. The Morgan fingerprint density at radius 1 is 0.895 bits per heavy atom. The summed E-state index contributed by atoms with van der Waals surface area (Å²) in [6.45, 7) is 0. The Kier molecular flexibility index (Phi) is 2.68. The summed E-state index contributed by atoms with van der Waals surface area (Å²) >= 11 is 0. The zero-order chi connectivity index (χ0) is 13.2. The molecule has 0 radical (unpaired) electrons. The van der Waals surface area contributed by atoms with Crippen molar-refractivity contribution < 1.29 is 4.92 Å². The molecule has 0 spiro atoms. The monoisotopic (exact) mass is 250 g/mol. The summed E-state index contributed by atoms with van der Waals surface area (Å²) < 4.78 is 0. The number of para-hydroxylation sites is 1. The van der Waals surface area contributed by atoms with E-state index < -0.39 is 4.92 Å². The van der Waals surface area contributed by atoms with Gasteiger partial charge < -0.3 is 0 Å². The third-order valence-corrected chi connectivity index (χ3v) is 2.97. The number of fused-ring (bicyclic) bond motifs is 1. The van der Waals surface area contributed by atoms with Gasteiger partial charge in [0.15, 0.2) is 0 Å². The van der Waals surface area contributed by atoms with Gasteiger partial charge in [-0.2, -0.15) is 0 Å². The molecule has 0 saturated carbocycles. The number of benzene rings is 2. The van der Waals surface area contributed by atoms with Crippen molar-refractivity contribution >= 4 is 16.6 Å². The maximum absolute atomic E-state index is 11.0. The number of nitro benzene ring substituents is 1. The van der Waals surface area contributed by atoms with Gasteiger partial charge in [0.25, 0.3) is 5.69 Å². The molecule has 0 unspecified atom stereocenters. The van der Waals surface area contributed by atoms with E-state index in [-0.39, 0.29) is 5.69 Å². The highest BCUT2D eigenvalue weighted by atomic mass is 16.6. The molecular weight excluding hydrogens is 240 g/mol. The lowest BCUT2D eigenvalue weighted by atomic mass is 10.1. The lowest BCUT2D eigenvalue weighted by Gasteiger charge is -2.03. The van der Waals surface area contributed by atoms with Gasteiger partial charge in [0.2, 0.25) is 0 Å². The molecule has 4 nitrogen and oxygen atoms in total. The van der Waals surface area contributed by atoms with Crippen molar-refractivity contribution in [3.63, 3.8) is 0 Å². The fraction of sp³-hybridized carbons (Fsp3) is 0. The summed E-state index contributed by atoms with van der Waals surface area (Å²) in [5.41, 5.74) is 2.15. The fourth-order valence-electron chi connectivity index (χ4n) is 2.05. The second-order valence-electron chi connectivity index (χ2n) is 4.17. The van der Waals surface area contributed by atoms with Gasteiger partial charge in [0.1, 0.15) is 5.52 Å². The molecule has 0 aliphatic heterocycles. The summed E-state index contributed by atoms with van der Waals surface area (Å²) in [5, 5.41) is 11.8. The van der Waals surface area contributed by atoms with Gasteiger partial charge in [0, 0.05) is 17.0 Å². The topological polar surface area (TPSA) is 56.0 Å². The van der Waals surface area contributed by atoms with Gasteiger partial charge in [-0.25, -0.2) is 4.98 Å². The number of hydrogen-bond acceptors (Lipinski definition) is 3. The highest BCUT2D eigenvalue weighted by Gasteiger charge is 2.13. The predicted octanol–water partition coefficient (Wildman–Crippen LogP) is 3.81. The van der Waals surface area contributed by atoms with E-state index in [0.29, 0.717) is 5.52 Å². The maximum Gasteiger partial charge on any atom is 0.295 e. The highest BCUT2D eigenvalue weighted by Crippen LogP contribution is 2.26. The first kappa shape index (κ1) is 11.3. The average Bonchev–Trinajstić information content (AvgIpc) is 2.47. The third-order valence-electron chi connectivity index (χ3n) is 2.97. The Bertz CT molecular complexity index is 754. The summed E-state index contributed by atoms with van der Waals surface area (Å²) in [4.78, 5) is 15.1. The van der Waals surface area contributed by atoms with Gasteiger partial charge in [-0.1, -0.05) is 48.5 Å². The molecular formula is C15H10N2O2. The van der Waals surface area contributed by atoms with Crippen molar-refractivity contribution in [3.05, 3.63) is 70.8 Å². The largest absolute Gasteiger partial charge is 0.295 e. The Morgan fingerprint density at radius 3 is 2.42 bits per heavy atom. The van der Waals surface area contributed by atoms with Crippen molar-refractivity contribution in [2.75, 3.05) is 0 Å². The summed E-state index contributed by atoms with van der Waals surface area (Å²) in [6.07, 6.45) is 0. The molecule has 2 aromatic carbocycles. The summed E-state index contributed by atoms with van der Waals surface area (Å²) in [6, 6.07) is 18.3. The van der Waals surface area contributed by atoms with E-state index in [1.54, 1.807) is 6.07 Å². The molecule has 0 bridgehead atoms. The average molecular weight is 250 g/mol. The van der Waals surface area contributed by atoms with E-state index in [0.717, 1.165) is 16.6 Å². The van der Waals surface area contributed by atoms with E-state index in [1.165, 1.54) is 6.07 Å². The van der Waals surface area contributed by atoms with Crippen LogP contribution in [-0.4, -0.2) is 9.91 Å². The number of rotatable bonds is 2. The number of aromatic nitrogens is 1. The maximum atomic E-state index is 11.0. The van der Waals surface area contributed by atoms with Crippen LogP contribution in [0.4, 0.5) is 5.69 Å². The minimum atomic E-state index is -0.399. The first-order valence-corrected chi connectivity index (χ1v) is 5.85. The lowest BCUT2D eigenvalue weighted by Crippen LogP contribution is -1.92. The molecule has 0 aliphatic rings. The molecule has 0 aliphatic carbocycles. The smallest absolute Gasteiger partial charge is 0.258 e. The second kappa shape index (κ2) is 4.49. The zero-order valence-electron chi connectivity index (χ0n) is 9.98. The Morgan fingerprint density at radius 2 is 1.68 bits per heavy atom. The van der Waals surface area contributed by atoms with Crippen LogP contribution < -0.4 is 0 Å². The van der Waals surface area contributed by atoms with E-state index in [9.17, 15) is 10.1 Å². The normalized spacial score (nSPS) is 10.5. The van der Waals surface area contributed by atoms with Gasteiger partial charge in [-0.05, 0) is 6.07 Å². The highest BCUT2D eigenvalue weighted by molar-refractivity contribution is 5.88. The van der Waals surface area contributed by atoms with E-state index >= 15 is 0 Å². The lowest BCUT2D eigenvalue weighted by molar-refractivity contribution is -0.383. The molecule has 0 N–H and O–H groups in total. The van der Waals surface area contributed by atoms with Gasteiger partial charge in [-0.3, -0.25) is 10.1 Å². The first-order chi connectivity index (χ1) is 9.25. The van der Waals surface area contributed by atoms with E-state index in [4.69, 9.17) is 0 Å². The van der Waals surface area contributed by atoms with Crippen LogP contribution in [0, 0.1) is 10.1 Å². The zero-order valence-corrected chi connectivity index (χ0v) is 9.98. The molecule has 0 saturated heterocycles. The van der Waals surface area contributed by atoms with Gasteiger partial charge >= 0.3 is 0 Å². The van der Waals surface area contributed by atoms with Gasteiger partial charge in [0.05, 0.1) is 10.6 Å². The van der Waals surface area contributed by atoms with Crippen LogP contribution in [-0.2, 0) is 0 Å². The quantitative estimate of drug-likeness (QED) is 0.513. The molecule has 19 heavy (non-hydrogen) atoms. The van der Waals surface area contributed by atoms with Crippen molar-refractivity contribution in [3.8, 4) is 11.3 Å². The molecule has 0 amide bonds. The fourth-order valence-corrected chi connectivity index (χ4v) is 2.05. The van der Waals surface area contributed by atoms with E-state index in [1.807, 2.05) is 48.5 Å². The Hall–Kier alpha value is -2.75. The number of nitrogens with zero attached hydrogens (tertiary/aromatic N) is 2. The molecule has 0 fully saturated rings. The van der Waals surface area contributed by atoms with Crippen LogP contribution >= 0.6 is 0 Å². The second-order valence-corrected chi connectivity index (χ2v) is 4.17. The number of non-ortho nitro benzene ring substituents is 1. The SMILES string of the molecule is O=[N+]([O-])c1cccc2ccc(-c3ccccc3)nc12. The standard InChI is InChI=1S/C15H10N2O2/c18-17(19)14-8-4-7-12-9-10-13(16-15(12)14)11-5-2-1-3-6-11/h1-10H. The van der Waals surface area contributed by atoms with Crippen molar-refractivity contribution in [2.45, 2.75) is 0 Å². The summed E-state index contributed by atoms with van der Waals surface area (Å²) in [7, 11) is 0. The van der Waals surface area contributed by atoms with Crippen molar-refractivity contribution in [1.29, 1.82) is 0 Å². The molecule has 3 rings (SSSR count). The minimum absolute atomic E-state index is 0.0373. The Labute approximate surface area is 109 Å². The van der Waals surface area contributed by atoms with Crippen LogP contribution in [0.3, 0.4) is 0 Å².